The number of carbonyl (C=O) groups is 1. The van der Waals surface area contributed by atoms with E-state index in [0.29, 0.717) is 57.6 Å². The van der Waals surface area contributed by atoms with Gasteiger partial charge in [-0.05, 0) is 56.6 Å². The number of hydrogen-bond acceptors (Lipinski definition) is 10. The second-order valence-corrected chi connectivity index (χ2v) is 12.6. The quantitative estimate of drug-likeness (QED) is 0.238. The summed E-state index contributed by atoms with van der Waals surface area (Å²) in [5.74, 6) is 0.852. The number of allylic oxidation sites excluding steroid dienone is 1. The van der Waals surface area contributed by atoms with Gasteiger partial charge in [0.2, 0.25) is 0 Å². The Hall–Kier alpha value is -4.66. The van der Waals surface area contributed by atoms with E-state index in [1.807, 2.05) is 41.4 Å². The number of hydrogen-bond donors (Lipinski definition) is 1. The number of ether oxygens (including phenoxy) is 2. The predicted molar refractivity (Wildman–Crippen MR) is 179 cm³/mol. The molecule has 0 bridgehead atoms. The summed E-state index contributed by atoms with van der Waals surface area (Å²) < 4.78 is 11.8. The lowest BCUT2D eigenvalue weighted by atomic mass is 10.0. The van der Waals surface area contributed by atoms with Gasteiger partial charge in [-0.15, -0.1) is 0 Å². The largest absolute Gasteiger partial charge is 0.508 e. The van der Waals surface area contributed by atoms with Crippen molar-refractivity contribution >= 4 is 28.2 Å². The van der Waals surface area contributed by atoms with Gasteiger partial charge < -0.3 is 29.3 Å². The lowest BCUT2D eigenvalue weighted by molar-refractivity contribution is -0.124. The molecule has 0 atom stereocenters. The Balaban J connectivity index is 1.16. The molecule has 2 fully saturated rings. The number of aromatic hydroxyl groups is 1. The fourth-order valence-corrected chi connectivity index (χ4v) is 6.68. The van der Waals surface area contributed by atoms with Crippen molar-refractivity contribution in [2.24, 2.45) is 0 Å². The topological polar surface area (TPSA) is 118 Å². The van der Waals surface area contributed by atoms with Gasteiger partial charge >= 0.3 is 6.01 Å². The summed E-state index contributed by atoms with van der Waals surface area (Å²) in [5, 5.41) is 22.2. The molecule has 1 N–H and O–H groups in total. The van der Waals surface area contributed by atoms with Crippen molar-refractivity contribution in [2.75, 3.05) is 62.3 Å². The molecule has 47 heavy (non-hydrogen) atoms. The van der Waals surface area contributed by atoms with Crippen molar-refractivity contribution in [2.45, 2.75) is 51.2 Å². The molecular weight excluding hydrogens is 594 g/mol. The number of nitriles is 1. The van der Waals surface area contributed by atoms with Crippen molar-refractivity contribution in [3.63, 3.8) is 0 Å². The Labute approximate surface area is 275 Å². The molecule has 1 amide bonds. The van der Waals surface area contributed by atoms with Gasteiger partial charge in [0.1, 0.15) is 18.2 Å². The number of fused-ring (bicyclic) bond motifs is 2. The normalized spacial score (nSPS) is 18.4. The summed E-state index contributed by atoms with van der Waals surface area (Å²) in [7, 11) is 0. The third-order valence-corrected chi connectivity index (χ3v) is 9.22. The van der Waals surface area contributed by atoms with E-state index < -0.39 is 0 Å². The van der Waals surface area contributed by atoms with Crippen molar-refractivity contribution in [1.29, 1.82) is 5.26 Å². The fraction of sp³-hybridized carbons (Fsp3) is 0.444. The van der Waals surface area contributed by atoms with E-state index in [2.05, 4.69) is 21.9 Å². The maximum absolute atomic E-state index is 13.2. The number of nitrogens with zero attached hydrogens (tertiary/aromatic N) is 7. The van der Waals surface area contributed by atoms with Crippen LogP contribution in [0.5, 0.6) is 11.8 Å². The number of likely N-dealkylation sites (tertiary alicyclic amines) is 1. The highest BCUT2D eigenvalue weighted by molar-refractivity contribution is 5.95. The number of phenols is 1. The minimum absolute atomic E-state index is 0.107. The van der Waals surface area contributed by atoms with Crippen molar-refractivity contribution in [3.8, 4) is 17.8 Å². The highest BCUT2D eigenvalue weighted by atomic mass is 16.5. The van der Waals surface area contributed by atoms with Crippen LogP contribution in [-0.4, -0.2) is 89.4 Å². The highest BCUT2D eigenvalue weighted by Crippen LogP contribution is 2.37. The number of anilines is 2. The van der Waals surface area contributed by atoms with Crippen LogP contribution in [0.25, 0.3) is 10.8 Å². The first-order chi connectivity index (χ1) is 23.1. The average Bonchev–Trinajstić information content (AvgIpc) is 3.77. The zero-order valence-corrected chi connectivity index (χ0v) is 26.7. The lowest BCUT2D eigenvalue weighted by Crippen LogP contribution is -2.42. The average molecular weight is 636 g/mol. The summed E-state index contributed by atoms with van der Waals surface area (Å²) in [6.07, 6.45) is 11.2. The van der Waals surface area contributed by atoms with Crippen LogP contribution in [0.2, 0.25) is 0 Å². The number of benzene rings is 2. The molecule has 11 nitrogen and oxygen atoms in total. The van der Waals surface area contributed by atoms with Crippen LogP contribution in [0.4, 0.5) is 11.5 Å². The molecule has 1 aromatic heterocycles. The number of aromatic nitrogens is 2. The van der Waals surface area contributed by atoms with Gasteiger partial charge in [-0.3, -0.25) is 9.69 Å². The molecule has 4 aliphatic rings. The van der Waals surface area contributed by atoms with E-state index in [9.17, 15) is 15.2 Å². The summed E-state index contributed by atoms with van der Waals surface area (Å²) in [5.41, 5.74) is 3.47. The lowest BCUT2D eigenvalue weighted by Gasteiger charge is -2.36. The number of rotatable bonds is 11. The molecule has 3 aromatic rings. The zero-order chi connectivity index (χ0) is 32.2. The molecule has 0 unspecified atom stereocenters. The minimum Gasteiger partial charge on any atom is -0.508 e. The second-order valence-electron chi connectivity index (χ2n) is 12.6. The van der Waals surface area contributed by atoms with Crippen LogP contribution in [0.15, 0.2) is 60.4 Å². The molecule has 2 aromatic carbocycles. The monoisotopic (exact) mass is 635 g/mol. The van der Waals surface area contributed by atoms with Crippen molar-refractivity contribution < 1.29 is 19.4 Å². The molecule has 1 aliphatic carbocycles. The first-order valence-electron chi connectivity index (χ1n) is 16.7. The van der Waals surface area contributed by atoms with Crippen LogP contribution < -0.4 is 14.5 Å². The molecule has 4 heterocycles. The second kappa shape index (κ2) is 14.0. The summed E-state index contributed by atoms with van der Waals surface area (Å²) in [6, 6.07) is 14.2. The smallest absolute Gasteiger partial charge is 0.318 e. The van der Waals surface area contributed by atoms with Gasteiger partial charge in [0.25, 0.3) is 5.91 Å². The van der Waals surface area contributed by atoms with Crippen LogP contribution in [0.3, 0.4) is 0 Å². The molecule has 11 heteroatoms. The van der Waals surface area contributed by atoms with E-state index in [-0.39, 0.29) is 24.1 Å². The Morgan fingerprint density at radius 1 is 1.06 bits per heavy atom. The Morgan fingerprint density at radius 3 is 2.74 bits per heavy atom. The maximum atomic E-state index is 13.2. The Bertz CT molecular complexity index is 1720. The summed E-state index contributed by atoms with van der Waals surface area (Å²) >= 11 is 0. The summed E-state index contributed by atoms with van der Waals surface area (Å²) in [4.78, 5) is 31.3. The molecular formula is C36H41N7O4. The van der Waals surface area contributed by atoms with Crippen molar-refractivity contribution in [3.05, 3.63) is 71.7 Å². The molecule has 0 spiro atoms. The highest BCUT2D eigenvalue weighted by Gasteiger charge is 2.30. The molecule has 1 saturated heterocycles. The fourth-order valence-electron chi connectivity index (χ4n) is 6.68. The molecule has 0 radical (unpaired) electrons. The third-order valence-electron chi connectivity index (χ3n) is 9.22. The van der Waals surface area contributed by atoms with E-state index in [1.165, 1.54) is 12.8 Å². The van der Waals surface area contributed by atoms with Gasteiger partial charge in [0.05, 0.1) is 43.1 Å². The van der Waals surface area contributed by atoms with Crippen LogP contribution in [0, 0.1) is 11.3 Å². The van der Waals surface area contributed by atoms with Gasteiger partial charge in [-0.1, -0.05) is 30.3 Å². The van der Waals surface area contributed by atoms with Crippen LogP contribution >= 0.6 is 0 Å². The van der Waals surface area contributed by atoms with Crippen LogP contribution in [0.1, 0.15) is 43.4 Å². The van der Waals surface area contributed by atoms with Crippen LogP contribution in [-0.2, 0) is 22.5 Å². The predicted octanol–water partition coefficient (Wildman–Crippen LogP) is 4.51. The van der Waals surface area contributed by atoms with E-state index in [1.54, 1.807) is 17.0 Å². The Kier molecular flexibility index (Phi) is 9.22. The molecule has 3 aliphatic heterocycles. The van der Waals surface area contributed by atoms with Gasteiger partial charge in [0.15, 0.2) is 0 Å². The number of carbonyl (C=O) groups excluding carboxylic acids is 1. The third kappa shape index (κ3) is 7.19. The van der Waals surface area contributed by atoms with E-state index in [0.717, 1.165) is 66.0 Å². The molecule has 244 valence electrons. The van der Waals surface area contributed by atoms with Gasteiger partial charge in [-0.25, -0.2) is 0 Å². The first-order valence-corrected chi connectivity index (χ1v) is 16.7. The summed E-state index contributed by atoms with van der Waals surface area (Å²) in [6.45, 7) is 5.91. The molecule has 1 saturated carbocycles. The maximum Gasteiger partial charge on any atom is 0.318 e. The minimum atomic E-state index is -0.108. The van der Waals surface area contributed by atoms with E-state index >= 15 is 0 Å². The SMILES string of the molecule is N#CCC1=CN(c2nc(OCCOC3CC3)nc3c2CCN(c2cc(O)cc4ccccc24)C3)CCN1C(=O)/C=C/CN1CCCC1. The van der Waals surface area contributed by atoms with Gasteiger partial charge in [-0.2, -0.15) is 15.2 Å². The standard InChI is InChI=1S/C36H41N7O4/c37-13-11-27-24-42(18-19-43(27)34(45)8-5-16-40-14-3-4-15-40)35-31-12-17-41(33-23-28(44)22-26-6-1-2-7-30(26)33)25-32(31)38-36(39-35)47-21-20-46-29-9-10-29/h1-2,5-8,22-24,29,44H,3-4,9-12,14-21,25H2/b8-5+. The van der Waals surface area contributed by atoms with Crippen molar-refractivity contribution in [1.82, 2.24) is 19.8 Å². The Morgan fingerprint density at radius 2 is 1.91 bits per heavy atom. The zero-order valence-electron chi connectivity index (χ0n) is 26.7. The number of amides is 1. The number of phenolic OH excluding ortho intramolecular Hbond substituents is 1. The van der Waals surface area contributed by atoms with E-state index in [4.69, 9.17) is 19.4 Å². The first kappa shape index (κ1) is 31.0. The molecule has 7 rings (SSSR count). The van der Waals surface area contributed by atoms with Gasteiger partial charge in [0, 0.05) is 61.2 Å².